The molecule has 0 spiro atoms. The molecule has 0 bridgehead atoms. The van der Waals surface area contributed by atoms with Gasteiger partial charge >= 0.3 is 0 Å². The largest absolute Gasteiger partial charge is 0.507 e. The Morgan fingerprint density at radius 1 is 1.09 bits per heavy atom. The second kappa shape index (κ2) is 13.7. The number of aromatic hydroxyl groups is 2. The number of likely N-dealkylation sites (tertiary alicyclic amines) is 1. The van der Waals surface area contributed by atoms with Crippen molar-refractivity contribution in [2.24, 2.45) is 0 Å². The van der Waals surface area contributed by atoms with Crippen LogP contribution in [-0.4, -0.2) is 139 Å². The molecular formula is C38H46N4O11. The number of methoxy groups -OCH3 is 2. The Bertz CT molecular complexity index is 1880. The van der Waals surface area contributed by atoms with E-state index in [4.69, 9.17) is 28.4 Å². The molecule has 15 heteroatoms. The van der Waals surface area contributed by atoms with Crippen molar-refractivity contribution >= 4 is 17.3 Å². The number of benzene rings is 2. The average Bonchev–Trinajstić information content (AvgIpc) is 3.54. The fourth-order valence-electron chi connectivity index (χ4n) is 8.86. The number of carbonyl (C=O) groups is 2. The third-order valence-corrected chi connectivity index (χ3v) is 11.7. The topological polar surface area (TPSA) is 193 Å². The number of phenolic OH excluding ortho intramolecular Hbond substituents is 2. The van der Waals surface area contributed by atoms with E-state index in [-0.39, 0.29) is 64.2 Å². The molecule has 5 N–H and O–H groups in total. The van der Waals surface area contributed by atoms with Gasteiger partial charge < -0.3 is 54.0 Å². The zero-order valence-electron chi connectivity index (χ0n) is 30.2. The van der Waals surface area contributed by atoms with E-state index < -0.39 is 65.8 Å². The number of ether oxygens (including phenoxy) is 6. The van der Waals surface area contributed by atoms with E-state index in [2.05, 4.69) is 5.32 Å². The molecule has 0 amide bonds. The Morgan fingerprint density at radius 3 is 2.58 bits per heavy atom. The zero-order valence-corrected chi connectivity index (χ0v) is 30.2. The molecular weight excluding hydrogens is 688 g/mol. The number of aliphatic hydroxyl groups is 1. The van der Waals surface area contributed by atoms with Crippen molar-refractivity contribution in [1.29, 1.82) is 5.41 Å². The molecule has 8 rings (SSSR count). The van der Waals surface area contributed by atoms with Gasteiger partial charge in [-0.05, 0) is 39.0 Å². The first-order valence-electron chi connectivity index (χ1n) is 18.1. The van der Waals surface area contributed by atoms with Crippen molar-refractivity contribution in [2.75, 3.05) is 54.1 Å². The van der Waals surface area contributed by atoms with Crippen molar-refractivity contribution < 1.29 is 53.3 Å². The second-order valence-corrected chi connectivity index (χ2v) is 14.6. The van der Waals surface area contributed by atoms with E-state index >= 15 is 0 Å². The number of ketones is 2. The van der Waals surface area contributed by atoms with Gasteiger partial charge in [-0.15, -0.1) is 0 Å². The summed E-state index contributed by atoms with van der Waals surface area (Å²) >= 11 is 0. The van der Waals surface area contributed by atoms with Gasteiger partial charge in [-0.25, -0.2) is 0 Å². The predicted molar refractivity (Wildman–Crippen MR) is 187 cm³/mol. The summed E-state index contributed by atoms with van der Waals surface area (Å²) in [6, 6.07) is 5.10. The highest BCUT2D eigenvalue weighted by atomic mass is 16.7. The lowest BCUT2D eigenvalue weighted by Gasteiger charge is -2.42. The van der Waals surface area contributed by atoms with Crippen LogP contribution in [-0.2, 0) is 34.9 Å². The molecule has 2 unspecified atom stereocenters. The van der Waals surface area contributed by atoms with Crippen molar-refractivity contribution in [1.82, 2.24) is 15.1 Å². The average molecular weight is 735 g/mol. The highest BCUT2D eigenvalue weighted by molar-refractivity contribution is 6.32. The molecule has 2 aromatic rings. The molecule has 15 nitrogen and oxygen atoms in total. The summed E-state index contributed by atoms with van der Waals surface area (Å²) in [4.78, 5) is 32.2. The van der Waals surface area contributed by atoms with Crippen LogP contribution in [0.1, 0.15) is 70.5 Å². The van der Waals surface area contributed by atoms with Crippen LogP contribution in [0.5, 0.6) is 17.2 Å². The first-order chi connectivity index (χ1) is 25.5. The highest BCUT2D eigenvalue weighted by Gasteiger charge is 2.52. The van der Waals surface area contributed by atoms with Gasteiger partial charge in [-0.3, -0.25) is 19.9 Å². The molecule has 0 aromatic heterocycles. The molecule has 2 aliphatic carbocycles. The van der Waals surface area contributed by atoms with Crippen LogP contribution in [0.4, 0.5) is 0 Å². The summed E-state index contributed by atoms with van der Waals surface area (Å²) in [7, 11) is 4.89. The summed E-state index contributed by atoms with van der Waals surface area (Å²) in [5.74, 6) is -1.80. The van der Waals surface area contributed by atoms with E-state index in [1.165, 1.54) is 13.2 Å². The molecule has 4 aliphatic heterocycles. The number of Topliss-reactive ketones (excluding diaryl/α,β-unsaturated/α-hetero) is 1. The van der Waals surface area contributed by atoms with Gasteiger partial charge in [0.15, 0.2) is 24.1 Å². The Kier molecular flexibility index (Phi) is 9.34. The fraction of sp³-hybridized carbons (Fsp3) is 0.553. The highest BCUT2D eigenvalue weighted by Crippen LogP contribution is 2.53. The third kappa shape index (κ3) is 5.85. The number of nitrogens with one attached hydrogen (secondary N) is 2. The second-order valence-electron chi connectivity index (χ2n) is 14.6. The van der Waals surface area contributed by atoms with Crippen molar-refractivity contribution in [2.45, 2.75) is 81.4 Å². The molecule has 0 radical (unpaired) electrons. The molecule has 0 saturated carbocycles. The quantitative estimate of drug-likeness (QED) is 0.210. The summed E-state index contributed by atoms with van der Waals surface area (Å²) in [5.41, 5.74) is -1.51. The van der Waals surface area contributed by atoms with E-state index in [0.717, 1.165) is 18.5 Å². The van der Waals surface area contributed by atoms with E-state index in [1.54, 1.807) is 25.3 Å². The fourth-order valence-corrected chi connectivity index (χ4v) is 8.86. The number of fused-ring (bicyclic) bond motifs is 6. The standard InChI is InChI=1S/C38H46N4O11/c1-18-35-22(42-12-13-50-37(49-4)36(42)53-35)14-26(51-18)52-24-16-38(47,25(43)17-41-10-8-19(40-2)9-11-41)15-21-28(24)34(46)29-30(33(21)45)32(44)20-6-5-7-23(48-3)27(20)31(29)39/h5-7,14,18-19,24,26,35-37,39-40,45-47H,8-13,15-17H2,1-4H3/t18-,24?,26-,35+,36+,37-,38?/m0/s1. The number of rotatable bonds is 8. The molecule has 3 saturated heterocycles. The van der Waals surface area contributed by atoms with E-state index in [1.807, 2.05) is 23.8 Å². The maximum atomic E-state index is 14.1. The van der Waals surface area contributed by atoms with Crippen LogP contribution >= 0.6 is 0 Å². The molecule has 7 atom stereocenters. The Hall–Kier alpha value is -3.93. The van der Waals surface area contributed by atoms with Crippen molar-refractivity contribution in [3.05, 3.63) is 63.4 Å². The predicted octanol–water partition coefficient (Wildman–Crippen LogP) is 1.71. The van der Waals surface area contributed by atoms with Gasteiger partial charge in [0.2, 0.25) is 6.29 Å². The Labute approximate surface area is 306 Å². The van der Waals surface area contributed by atoms with Crippen LogP contribution in [0.3, 0.4) is 0 Å². The normalized spacial score (nSPS) is 31.3. The zero-order chi connectivity index (χ0) is 37.3. The number of hydrogen-bond acceptors (Lipinski definition) is 15. The number of hydrogen-bond donors (Lipinski definition) is 5. The van der Waals surface area contributed by atoms with Gasteiger partial charge in [0.25, 0.3) is 0 Å². The van der Waals surface area contributed by atoms with Gasteiger partial charge in [0, 0.05) is 68.0 Å². The number of nitrogens with zero attached hydrogens (tertiary/aromatic N) is 2. The molecule has 2 aromatic carbocycles. The van der Waals surface area contributed by atoms with E-state index in [0.29, 0.717) is 32.3 Å². The third-order valence-electron chi connectivity index (χ3n) is 11.7. The summed E-state index contributed by atoms with van der Waals surface area (Å²) in [6.45, 7) is 4.11. The minimum absolute atomic E-state index is 0.00417. The van der Waals surface area contributed by atoms with Crippen molar-refractivity contribution in [3.63, 3.8) is 0 Å². The van der Waals surface area contributed by atoms with Crippen LogP contribution in [0.2, 0.25) is 0 Å². The lowest BCUT2D eigenvalue weighted by atomic mass is 9.71. The van der Waals surface area contributed by atoms with E-state index in [9.17, 15) is 30.3 Å². The number of morpholine rings is 1. The Balaban J connectivity index is 1.19. The summed E-state index contributed by atoms with van der Waals surface area (Å²) < 4.78 is 35.9. The van der Waals surface area contributed by atoms with Gasteiger partial charge in [-0.1, -0.05) is 12.1 Å². The Morgan fingerprint density at radius 2 is 1.87 bits per heavy atom. The van der Waals surface area contributed by atoms with Gasteiger partial charge in [0.05, 0.1) is 54.9 Å². The smallest absolute Gasteiger partial charge is 0.202 e. The van der Waals surface area contributed by atoms with Crippen LogP contribution < -0.4 is 10.1 Å². The van der Waals surface area contributed by atoms with Gasteiger partial charge in [0.1, 0.15) is 29.0 Å². The lowest BCUT2D eigenvalue weighted by Crippen LogP contribution is -2.52. The number of phenols is 2. The van der Waals surface area contributed by atoms with Crippen LogP contribution in [0.15, 0.2) is 30.0 Å². The minimum atomic E-state index is -2.03. The van der Waals surface area contributed by atoms with Crippen molar-refractivity contribution in [3.8, 4) is 17.2 Å². The first kappa shape index (κ1) is 36.1. The summed E-state index contributed by atoms with van der Waals surface area (Å²) in [6.07, 6.45) is -1.45. The maximum Gasteiger partial charge on any atom is 0.202 e. The SMILES string of the molecule is CNC1CCN(CC(=O)C2(O)Cc3c(O)c4c(c(O)c3C(O[C@H]3C=C5[C@H](O[C@@H]6[C@@H](OC)OCCN56)[C@H](C)O3)C2)C(=N)c2c(OC)cccc2C4=O)CC1. The lowest BCUT2D eigenvalue weighted by molar-refractivity contribution is -0.250. The van der Waals surface area contributed by atoms with Crippen LogP contribution in [0.25, 0.3) is 0 Å². The number of piperidine rings is 1. The minimum Gasteiger partial charge on any atom is -0.507 e. The van der Waals surface area contributed by atoms with Gasteiger partial charge in [-0.2, -0.15) is 0 Å². The molecule has 53 heavy (non-hydrogen) atoms. The molecule has 4 heterocycles. The monoisotopic (exact) mass is 734 g/mol. The number of carbonyl (C=O) groups excluding carboxylic acids is 2. The molecule has 6 aliphatic rings. The maximum absolute atomic E-state index is 14.1. The summed E-state index contributed by atoms with van der Waals surface area (Å²) in [5, 5.41) is 48.8. The van der Waals surface area contributed by atoms with Crippen LogP contribution in [0, 0.1) is 5.41 Å². The first-order valence-corrected chi connectivity index (χ1v) is 18.1. The molecule has 284 valence electrons. The molecule has 3 fully saturated rings.